The summed E-state index contributed by atoms with van der Waals surface area (Å²) in [7, 11) is -4.64. The zero-order chi connectivity index (χ0) is 5.21. The molecular weight excluding hydrogens is 250 g/mol. The molecule has 4 nitrogen and oxygen atoms in total. The fourth-order valence-corrected chi connectivity index (χ4v) is 0. The summed E-state index contributed by atoms with van der Waals surface area (Å²) in [6, 6.07) is 0. The van der Waals surface area contributed by atoms with Crippen molar-refractivity contribution in [1.82, 2.24) is 0 Å². The van der Waals surface area contributed by atoms with Gasteiger partial charge in [-0.1, -0.05) is 0 Å². The van der Waals surface area contributed by atoms with E-state index >= 15 is 0 Å². The molecule has 0 aliphatic carbocycles. The van der Waals surface area contributed by atoms with E-state index in [4.69, 9.17) is 0 Å². The number of hydrogen-bond donors (Lipinski definition) is 0. The average molecular weight is 250 g/mol. The molecule has 0 spiro atoms. The van der Waals surface area contributed by atoms with Gasteiger partial charge in [-0.2, -0.15) is 0 Å². The van der Waals surface area contributed by atoms with Crippen LogP contribution in [0.2, 0.25) is 0 Å². The molecule has 1 radical (unpaired) electrons. The zero-order valence-corrected chi connectivity index (χ0v) is 6.76. The first-order valence-corrected chi connectivity index (χ1v) is 3.18. The van der Waals surface area contributed by atoms with Gasteiger partial charge in [0.1, 0.15) is 0 Å². The van der Waals surface area contributed by atoms with Gasteiger partial charge in [0, 0.05) is 0 Å². The van der Waals surface area contributed by atoms with Crippen molar-refractivity contribution in [1.29, 1.82) is 0 Å². The molecule has 0 aliphatic heterocycles. The Kier molecular flexibility index (Phi) is 6.70. The Labute approximate surface area is 62.4 Å². The molecule has 0 atom stereocenters. The van der Waals surface area contributed by atoms with E-state index in [0.717, 1.165) is 20.2 Å². The fourth-order valence-electron chi connectivity index (χ4n) is 0. The van der Waals surface area contributed by atoms with Crippen LogP contribution in [0.3, 0.4) is 0 Å². The molecule has 7 heteroatoms. The maximum atomic E-state index is 9.25. The summed E-state index contributed by atoms with van der Waals surface area (Å²) >= 11 is 0.758. The zero-order valence-electron chi connectivity index (χ0n) is 2.82. The number of hydrogen-bond acceptors (Lipinski definition) is 4. The predicted octanol–water partition coefficient (Wildman–Crippen LogP) is -1.71. The molecule has 0 unspecified atom stereocenters. The van der Waals surface area contributed by atoms with E-state index in [1.165, 1.54) is 0 Å². The van der Waals surface area contributed by atoms with Crippen LogP contribution < -0.4 is 9.79 Å². The van der Waals surface area contributed by atoms with Crippen LogP contribution in [0.15, 0.2) is 0 Å². The van der Waals surface area contributed by atoms with Crippen LogP contribution in [-0.2, 0) is 44.7 Å². The molecule has 0 aromatic carbocycles. The molecule has 0 bridgehead atoms. The summed E-state index contributed by atoms with van der Waals surface area (Å²) in [5.41, 5.74) is 0. The van der Waals surface area contributed by atoms with Gasteiger partial charge in [-0.25, -0.2) is 0 Å². The van der Waals surface area contributed by atoms with Gasteiger partial charge >= 0.3 is 62.3 Å². The third kappa shape index (κ3) is 11.1. The summed E-state index contributed by atoms with van der Waals surface area (Å²) in [6.07, 6.45) is 0. The van der Waals surface area contributed by atoms with Gasteiger partial charge in [0.25, 0.3) is 0 Å². The molecule has 44 valence electrons. The van der Waals surface area contributed by atoms with Crippen molar-refractivity contribution < 1.29 is 54.5 Å². The smallest absolute Gasteiger partial charge is 2.00 e. The molecule has 7 heavy (non-hydrogen) atoms. The van der Waals surface area contributed by atoms with Crippen molar-refractivity contribution in [3.8, 4) is 0 Å². The van der Waals surface area contributed by atoms with Crippen molar-refractivity contribution >= 4 is 7.82 Å². The third-order valence-electron chi connectivity index (χ3n) is 0.0913. The summed E-state index contributed by atoms with van der Waals surface area (Å²) in [4.78, 5) is 18.5. The van der Waals surface area contributed by atoms with Gasteiger partial charge in [-0.05, 0) is 0 Å². The van der Waals surface area contributed by atoms with Crippen LogP contribution in [0.25, 0.3) is 0 Å². The second kappa shape index (κ2) is 4.21. The van der Waals surface area contributed by atoms with Crippen LogP contribution in [0.4, 0.5) is 0 Å². The van der Waals surface area contributed by atoms with Gasteiger partial charge < -0.3 is 0 Å². The van der Waals surface area contributed by atoms with E-state index in [9.17, 15) is 14.4 Å². The Balaban J connectivity index is 0. The number of rotatable bonds is 1. The molecule has 0 aliphatic rings. The first-order chi connectivity index (χ1) is 2.56. The van der Waals surface area contributed by atoms with E-state index in [2.05, 4.69) is 3.18 Å². The largest absolute Gasteiger partial charge is 2.00 e. The minimum Gasteiger partial charge on any atom is 2.00 e. The predicted molar refractivity (Wildman–Crippen MR) is 8.69 cm³/mol. The molecule has 0 N–H and O–H groups in total. The Morgan fingerprint density at radius 3 is 1.71 bits per heavy atom. The maximum Gasteiger partial charge on any atom is 2.00 e. The van der Waals surface area contributed by atoms with E-state index < -0.39 is 7.82 Å². The summed E-state index contributed by atoms with van der Waals surface area (Å²) in [5.74, 6) is 0. The molecule has 0 aromatic rings. The SMILES string of the molecule is O=P([O-])([O-])[O][Mo].[Co+2]. The summed E-state index contributed by atoms with van der Waals surface area (Å²) in [6.45, 7) is 0. The Morgan fingerprint density at radius 1 is 1.57 bits per heavy atom. The average Bonchev–Trinajstić information content (AvgIpc) is 1.35. The van der Waals surface area contributed by atoms with E-state index in [0.29, 0.717) is 0 Å². The molecular formula is CoMoO4P. The molecule has 0 saturated heterocycles. The Bertz CT molecular complexity index is 75.8. The standard InChI is InChI=1S/Co.Mo.H3O4P/c;;1-5(2,3)4/h;;(H3,1,2,3,4)/q+2;+1;/p-3. The maximum absolute atomic E-state index is 9.25. The second-order valence-corrected chi connectivity index (χ2v) is 2.66. The topological polar surface area (TPSA) is 72.4 Å². The Morgan fingerprint density at radius 2 is 1.71 bits per heavy atom. The third-order valence-corrected chi connectivity index (χ3v) is 1.62. The van der Waals surface area contributed by atoms with Crippen LogP contribution in [0, 0.1) is 0 Å². The minimum atomic E-state index is -4.64. The second-order valence-electron chi connectivity index (χ2n) is 0.522. The first-order valence-electron chi connectivity index (χ1n) is 0.897. The fraction of sp³-hybridized carbons (Fsp3) is 0. The quantitative estimate of drug-likeness (QED) is 0.410. The number of phosphoric acid groups is 1. The molecule has 0 saturated carbocycles. The molecule has 0 fully saturated rings. The van der Waals surface area contributed by atoms with Gasteiger partial charge in [0.15, 0.2) is 0 Å². The van der Waals surface area contributed by atoms with E-state index in [-0.39, 0.29) is 16.8 Å². The van der Waals surface area contributed by atoms with Crippen LogP contribution in [0.5, 0.6) is 0 Å². The van der Waals surface area contributed by atoms with Crippen molar-refractivity contribution in [3.63, 3.8) is 0 Å². The monoisotopic (exact) mass is 252 g/mol. The molecule has 0 amide bonds. The molecule has 0 aromatic heterocycles. The van der Waals surface area contributed by atoms with Crippen molar-refractivity contribution in [3.05, 3.63) is 0 Å². The Hall–Kier alpha value is 1.30. The van der Waals surface area contributed by atoms with Crippen LogP contribution in [0.1, 0.15) is 0 Å². The van der Waals surface area contributed by atoms with E-state index in [1.54, 1.807) is 0 Å². The summed E-state index contributed by atoms with van der Waals surface area (Å²) < 4.78 is 12.6. The first kappa shape index (κ1) is 11.1. The van der Waals surface area contributed by atoms with Gasteiger partial charge in [-0.15, -0.1) is 0 Å². The normalized spacial score (nSPS) is 10.0. The van der Waals surface area contributed by atoms with Crippen molar-refractivity contribution in [2.45, 2.75) is 0 Å². The molecule has 0 heterocycles. The van der Waals surface area contributed by atoms with Crippen molar-refractivity contribution in [2.24, 2.45) is 0 Å². The minimum absolute atomic E-state index is 0. The van der Waals surface area contributed by atoms with Crippen LogP contribution in [-0.4, -0.2) is 0 Å². The summed E-state index contributed by atoms with van der Waals surface area (Å²) in [5, 5.41) is 0. The van der Waals surface area contributed by atoms with Gasteiger partial charge in [0.2, 0.25) is 0 Å². The molecule has 0 rings (SSSR count). The van der Waals surface area contributed by atoms with Gasteiger partial charge in [0.05, 0.1) is 0 Å². The van der Waals surface area contributed by atoms with Gasteiger partial charge in [-0.3, -0.25) is 0 Å². The van der Waals surface area contributed by atoms with Crippen molar-refractivity contribution in [2.75, 3.05) is 0 Å². The van der Waals surface area contributed by atoms with Crippen LogP contribution >= 0.6 is 7.82 Å². The van der Waals surface area contributed by atoms with E-state index in [1.807, 2.05) is 0 Å².